The normalized spacial score (nSPS) is 31.4. The van der Waals surface area contributed by atoms with Gasteiger partial charge in [0.1, 0.15) is 0 Å². The number of carbonyl (C=O) groups is 2. The van der Waals surface area contributed by atoms with Crippen molar-refractivity contribution in [2.75, 3.05) is 13.1 Å². The SMILES string of the molecule is CC(C)NC(=O)NCCNC(=O)C1(C)CC2CCC1C2. The highest BCUT2D eigenvalue weighted by atomic mass is 16.2. The summed E-state index contributed by atoms with van der Waals surface area (Å²) in [5.41, 5.74) is -0.177. The van der Waals surface area contributed by atoms with Crippen LogP contribution in [0.3, 0.4) is 0 Å². The molecule has 3 N–H and O–H groups in total. The zero-order valence-corrected chi connectivity index (χ0v) is 12.8. The topological polar surface area (TPSA) is 70.2 Å². The van der Waals surface area contributed by atoms with E-state index in [-0.39, 0.29) is 23.4 Å². The molecule has 0 aliphatic heterocycles. The van der Waals surface area contributed by atoms with Crippen LogP contribution in [0, 0.1) is 17.3 Å². The summed E-state index contributed by atoms with van der Waals surface area (Å²) < 4.78 is 0. The van der Waals surface area contributed by atoms with Crippen molar-refractivity contribution in [3.63, 3.8) is 0 Å². The van der Waals surface area contributed by atoms with Crippen molar-refractivity contribution in [1.82, 2.24) is 16.0 Å². The number of fused-ring (bicyclic) bond motifs is 2. The van der Waals surface area contributed by atoms with Crippen molar-refractivity contribution in [2.24, 2.45) is 17.3 Å². The molecule has 0 aromatic carbocycles. The van der Waals surface area contributed by atoms with E-state index in [1.807, 2.05) is 13.8 Å². The lowest BCUT2D eigenvalue weighted by Crippen LogP contribution is -2.46. The molecule has 2 rings (SSSR count). The van der Waals surface area contributed by atoms with E-state index >= 15 is 0 Å². The van der Waals surface area contributed by atoms with Gasteiger partial charge in [0.2, 0.25) is 5.91 Å². The fourth-order valence-electron chi connectivity index (χ4n) is 3.75. The predicted octanol–water partition coefficient (Wildman–Crippen LogP) is 1.64. The Morgan fingerprint density at radius 3 is 2.45 bits per heavy atom. The van der Waals surface area contributed by atoms with Crippen molar-refractivity contribution >= 4 is 11.9 Å². The molecule has 0 saturated heterocycles. The quantitative estimate of drug-likeness (QED) is 0.670. The maximum Gasteiger partial charge on any atom is 0.315 e. The number of hydrogen-bond acceptors (Lipinski definition) is 2. The van der Waals surface area contributed by atoms with E-state index in [1.165, 1.54) is 19.3 Å². The van der Waals surface area contributed by atoms with E-state index in [4.69, 9.17) is 0 Å². The number of hydrogen-bond donors (Lipinski definition) is 3. The first kappa shape index (κ1) is 15.1. The standard InChI is InChI=1S/C15H27N3O2/c1-10(2)18-14(20)17-7-6-16-13(19)15(3)9-11-4-5-12(15)8-11/h10-12H,4-9H2,1-3H3,(H,16,19)(H2,17,18,20). The van der Waals surface area contributed by atoms with Crippen LogP contribution in [0.1, 0.15) is 46.5 Å². The van der Waals surface area contributed by atoms with E-state index < -0.39 is 0 Å². The molecule has 2 saturated carbocycles. The Balaban J connectivity index is 1.67. The first-order valence-electron chi connectivity index (χ1n) is 7.74. The van der Waals surface area contributed by atoms with Crippen molar-refractivity contribution in [3.8, 4) is 0 Å². The average Bonchev–Trinajstić information content (AvgIpc) is 2.93. The van der Waals surface area contributed by atoms with Gasteiger partial charge in [-0.15, -0.1) is 0 Å². The lowest BCUT2D eigenvalue weighted by atomic mass is 9.74. The van der Waals surface area contributed by atoms with Gasteiger partial charge < -0.3 is 16.0 Å². The zero-order valence-electron chi connectivity index (χ0n) is 12.8. The number of nitrogens with one attached hydrogen (secondary N) is 3. The fraction of sp³-hybridized carbons (Fsp3) is 0.867. The minimum Gasteiger partial charge on any atom is -0.354 e. The molecule has 0 aromatic heterocycles. The van der Waals surface area contributed by atoms with Gasteiger partial charge in [-0.3, -0.25) is 4.79 Å². The van der Waals surface area contributed by atoms with Crippen LogP contribution in [0.4, 0.5) is 4.79 Å². The smallest absolute Gasteiger partial charge is 0.315 e. The van der Waals surface area contributed by atoms with Crippen LogP contribution >= 0.6 is 0 Å². The molecule has 0 heterocycles. The Kier molecular flexibility index (Phi) is 4.55. The Morgan fingerprint density at radius 1 is 1.20 bits per heavy atom. The molecule has 0 radical (unpaired) electrons. The van der Waals surface area contributed by atoms with Gasteiger partial charge in [0.15, 0.2) is 0 Å². The minimum atomic E-state index is -0.180. The molecule has 0 spiro atoms. The van der Waals surface area contributed by atoms with E-state index in [1.54, 1.807) is 0 Å². The van der Waals surface area contributed by atoms with Crippen LogP contribution in [0.2, 0.25) is 0 Å². The van der Waals surface area contributed by atoms with E-state index in [9.17, 15) is 9.59 Å². The molecule has 2 fully saturated rings. The van der Waals surface area contributed by atoms with Crippen molar-refractivity contribution in [1.29, 1.82) is 0 Å². The van der Waals surface area contributed by atoms with Gasteiger partial charge in [-0.1, -0.05) is 13.3 Å². The van der Waals surface area contributed by atoms with Crippen LogP contribution in [0.5, 0.6) is 0 Å². The molecule has 5 heteroatoms. The van der Waals surface area contributed by atoms with Gasteiger partial charge in [0, 0.05) is 24.5 Å². The number of rotatable bonds is 5. The lowest BCUT2D eigenvalue weighted by Gasteiger charge is -2.32. The molecule has 3 unspecified atom stereocenters. The molecule has 0 aromatic rings. The van der Waals surface area contributed by atoms with E-state index in [2.05, 4.69) is 22.9 Å². The summed E-state index contributed by atoms with van der Waals surface area (Å²) in [5, 5.41) is 8.47. The largest absolute Gasteiger partial charge is 0.354 e. The summed E-state index contributed by atoms with van der Waals surface area (Å²) in [6.45, 7) is 6.89. The summed E-state index contributed by atoms with van der Waals surface area (Å²) in [7, 11) is 0. The number of amides is 3. The summed E-state index contributed by atoms with van der Waals surface area (Å²) in [6, 6.07) is -0.0575. The summed E-state index contributed by atoms with van der Waals surface area (Å²) in [5.74, 6) is 1.48. The summed E-state index contributed by atoms with van der Waals surface area (Å²) in [6.07, 6.45) is 4.75. The molecule has 5 nitrogen and oxygen atoms in total. The van der Waals surface area contributed by atoms with Gasteiger partial charge in [-0.2, -0.15) is 0 Å². The Hall–Kier alpha value is -1.26. The molecule has 20 heavy (non-hydrogen) atoms. The fourth-order valence-corrected chi connectivity index (χ4v) is 3.75. The Morgan fingerprint density at radius 2 is 1.90 bits per heavy atom. The van der Waals surface area contributed by atoms with Gasteiger partial charge in [0.25, 0.3) is 0 Å². The van der Waals surface area contributed by atoms with E-state index in [0.29, 0.717) is 19.0 Å². The third-order valence-corrected chi connectivity index (χ3v) is 4.79. The first-order chi connectivity index (χ1) is 9.41. The molecular formula is C15H27N3O2. The Labute approximate surface area is 121 Å². The van der Waals surface area contributed by atoms with Crippen LogP contribution in [-0.4, -0.2) is 31.1 Å². The zero-order chi connectivity index (χ0) is 14.8. The third kappa shape index (κ3) is 3.25. The van der Waals surface area contributed by atoms with Gasteiger partial charge >= 0.3 is 6.03 Å². The predicted molar refractivity (Wildman–Crippen MR) is 78.2 cm³/mol. The second kappa shape index (κ2) is 6.02. The lowest BCUT2D eigenvalue weighted by molar-refractivity contribution is -0.132. The van der Waals surface area contributed by atoms with Crippen molar-refractivity contribution in [2.45, 2.75) is 52.5 Å². The van der Waals surface area contributed by atoms with Gasteiger partial charge in [-0.25, -0.2) is 4.79 Å². The molecule has 2 aliphatic rings. The number of urea groups is 1. The molecule has 3 amide bonds. The highest BCUT2D eigenvalue weighted by molar-refractivity contribution is 5.83. The minimum absolute atomic E-state index is 0.123. The Bertz CT molecular complexity index is 383. The second-order valence-electron chi connectivity index (χ2n) is 6.81. The average molecular weight is 281 g/mol. The highest BCUT2D eigenvalue weighted by Crippen LogP contribution is 2.55. The first-order valence-corrected chi connectivity index (χ1v) is 7.74. The molecular weight excluding hydrogens is 254 g/mol. The highest BCUT2D eigenvalue weighted by Gasteiger charge is 2.52. The maximum absolute atomic E-state index is 12.3. The van der Waals surface area contributed by atoms with Crippen LogP contribution in [0.15, 0.2) is 0 Å². The maximum atomic E-state index is 12.3. The van der Waals surface area contributed by atoms with Gasteiger partial charge in [0.05, 0.1) is 0 Å². The van der Waals surface area contributed by atoms with Crippen LogP contribution in [-0.2, 0) is 4.79 Å². The molecule has 2 aliphatic carbocycles. The molecule has 2 bridgehead atoms. The van der Waals surface area contributed by atoms with Gasteiger partial charge in [-0.05, 0) is 44.9 Å². The molecule has 3 atom stereocenters. The van der Waals surface area contributed by atoms with E-state index in [0.717, 1.165) is 12.3 Å². The monoisotopic (exact) mass is 281 g/mol. The second-order valence-corrected chi connectivity index (χ2v) is 6.81. The third-order valence-electron chi connectivity index (χ3n) is 4.79. The van der Waals surface area contributed by atoms with Crippen molar-refractivity contribution in [3.05, 3.63) is 0 Å². The van der Waals surface area contributed by atoms with Crippen LogP contribution in [0.25, 0.3) is 0 Å². The molecule has 114 valence electrons. The van der Waals surface area contributed by atoms with Crippen LogP contribution < -0.4 is 16.0 Å². The van der Waals surface area contributed by atoms with Crippen molar-refractivity contribution < 1.29 is 9.59 Å². The summed E-state index contributed by atoms with van der Waals surface area (Å²) in [4.78, 5) is 23.7. The number of carbonyl (C=O) groups excluding carboxylic acids is 2. The summed E-state index contributed by atoms with van der Waals surface area (Å²) >= 11 is 0.